The average molecular weight is 322 g/mol. The van der Waals surface area contributed by atoms with E-state index >= 15 is 0 Å². The van der Waals surface area contributed by atoms with Crippen LogP contribution in [0.1, 0.15) is 89.3 Å². The van der Waals surface area contributed by atoms with E-state index in [1.54, 1.807) is 0 Å². The van der Waals surface area contributed by atoms with E-state index in [1.165, 1.54) is 70.0 Å². The van der Waals surface area contributed by atoms with Crippen molar-refractivity contribution in [2.75, 3.05) is 0 Å². The van der Waals surface area contributed by atoms with Crippen molar-refractivity contribution >= 4 is 5.97 Å². The normalized spacial score (nSPS) is 11.0. The second-order valence-corrected chi connectivity index (χ2v) is 6.59. The van der Waals surface area contributed by atoms with E-state index in [4.69, 9.17) is 5.11 Å². The van der Waals surface area contributed by atoms with E-state index in [0.717, 1.165) is 19.3 Å². The van der Waals surface area contributed by atoms with Crippen molar-refractivity contribution in [2.45, 2.75) is 89.9 Å². The molecule has 0 atom stereocenters. The van der Waals surface area contributed by atoms with E-state index in [9.17, 15) is 4.79 Å². The van der Waals surface area contributed by atoms with Crippen LogP contribution in [-0.4, -0.2) is 20.6 Å². The van der Waals surface area contributed by atoms with Gasteiger partial charge < -0.3 is 9.67 Å². The molecular weight excluding hydrogens is 288 g/mol. The average Bonchev–Trinajstić information content (AvgIpc) is 2.92. The van der Waals surface area contributed by atoms with Crippen LogP contribution in [0.15, 0.2) is 12.4 Å². The Hall–Kier alpha value is -1.32. The maximum atomic E-state index is 10.4. The van der Waals surface area contributed by atoms with E-state index in [1.807, 2.05) is 12.4 Å². The largest absolute Gasteiger partial charge is 0.481 e. The Labute approximate surface area is 141 Å². The fraction of sp³-hybridized carbons (Fsp3) is 0.789. The van der Waals surface area contributed by atoms with Gasteiger partial charge >= 0.3 is 5.97 Å². The molecule has 1 rings (SSSR count). The molecule has 0 aliphatic carbocycles. The molecule has 4 heteroatoms. The van der Waals surface area contributed by atoms with Crippen molar-refractivity contribution < 1.29 is 9.90 Å². The van der Waals surface area contributed by atoms with Gasteiger partial charge in [0, 0.05) is 32.3 Å². The van der Waals surface area contributed by atoms with Crippen LogP contribution in [0.25, 0.3) is 0 Å². The van der Waals surface area contributed by atoms with Crippen molar-refractivity contribution in [2.24, 2.45) is 7.05 Å². The molecule has 0 fully saturated rings. The lowest BCUT2D eigenvalue weighted by atomic mass is 10.0. The summed E-state index contributed by atoms with van der Waals surface area (Å²) in [5, 5.41) is 8.55. The minimum atomic E-state index is -0.662. The second-order valence-electron chi connectivity index (χ2n) is 6.59. The van der Waals surface area contributed by atoms with E-state index < -0.39 is 5.97 Å². The maximum Gasteiger partial charge on any atom is 0.303 e. The van der Waals surface area contributed by atoms with Gasteiger partial charge in [-0.15, -0.1) is 0 Å². The van der Waals surface area contributed by atoms with Crippen LogP contribution in [0.2, 0.25) is 0 Å². The first-order chi connectivity index (χ1) is 11.2. The molecule has 0 radical (unpaired) electrons. The van der Waals surface area contributed by atoms with Crippen LogP contribution in [0.3, 0.4) is 0 Å². The summed E-state index contributed by atoms with van der Waals surface area (Å²) in [6.45, 7) is 0. The van der Waals surface area contributed by atoms with E-state index in [2.05, 4.69) is 16.6 Å². The van der Waals surface area contributed by atoms with Gasteiger partial charge in [0.25, 0.3) is 0 Å². The van der Waals surface area contributed by atoms with Gasteiger partial charge in [-0.3, -0.25) is 4.79 Å². The highest BCUT2D eigenvalue weighted by molar-refractivity contribution is 5.66. The van der Waals surface area contributed by atoms with Crippen molar-refractivity contribution in [1.29, 1.82) is 0 Å². The zero-order chi connectivity index (χ0) is 16.8. The smallest absolute Gasteiger partial charge is 0.303 e. The van der Waals surface area contributed by atoms with Gasteiger partial charge in [-0.2, -0.15) is 0 Å². The van der Waals surface area contributed by atoms with Gasteiger partial charge in [0.1, 0.15) is 5.82 Å². The van der Waals surface area contributed by atoms with Crippen LogP contribution >= 0.6 is 0 Å². The molecule has 0 unspecified atom stereocenters. The predicted octanol–water partition coefficient (Wildman–Crippen LogP) is 5.12. The summed E-state index contributed by atoms with van der Waals surface area (Å²) >= 11 is 0. The number of imidazole rings is 1. The molecule has 1 N–H and O–H groups in total. The Kier molecular flexibility index (Phi) is 11.3. The van der Waals surface area contributed by atoms with Gasteiger partial charge in [0.15, 0.2) is 0 Å². The molecule has 0 amide bonds. The number of aliphatic carboxylic acids is 1. The number of aromatic nitrogens is 2. The second kappa shape index (κ2) is 13.1. The molecule has 1 heterocycles. The van der Waals surface area contributed by atoms with Crippen molar-refractivity contribution in [3.8, 4) is 0 Å². The van der Waals surface area contributed by atoms with E-state index in [-0.39, 0.29) is 0 Å². The Bertz CT molecular complexity index is 415. The van der Waals surface area contributed by atoms with Crippen LogP contribution in [0.5, 0.6) is 0 Å². The molecule has 0 aliphatic rings. The highest BCUT2D eigenvalue weighted by atomic mass is 16.4. The number of aryl methyl sites for hydroxylation is 2. The van der Waals surface area contributed by atoms with E-state index in [0.29, 0.717) is 6.42 Å². The summed E-state index contributed by atoms with van der Waals surface area (Å²) in [5.74, 6) is 0.540. The number of unbranched alkanes of at least 4 members (excludes halogenated alkanes) is 11. The number of hydrogen-bond donors (Lipinski definition) is 1. The lowest BCUT2D eigenvalue weighted by Gasteiger charge is -2.03. The quantitative estimate of drug-likeness (QED) is 0.456. The lowest BCUT2D eigenvalue weighted by Crippen LogP contribution is -1.97. The third-order valence-corrected chi connectivity index (χ3v) is 4.46. The molecule has 0 aromatic carbocycles. The van der Waals surface area contributed by atoms with Crippen molar-refractivity contribution in [1.82, 2.24) is 9.55 Å². The number of hydrogen-bond acceptors (Lipinski definition) is 2. The molecule has 0 bridgehead atoms. The minimum absolute atomic E-state index is 0.333. The predicted molar refractivity (Wildman–Crippen MR) is 94.6 cm³/mol. The van der Waals surface area contributed by atoms with Gasteiger partial charge in [0.05, 0.1) is 0 Å². The summed E-state index contributed by atoms with van der Waals surface area (Å²) in [5.41, 5.74) is 0. The zero-order valence-corrected chi connectivity index (χ0v) is 14.8. The highest BCUT2D eigenvalue weighted by Crippen LogP contribution is 2.13. The molecule has 4 nitrogen and oxygen atoms in total. The molecule has 23 heavy (non-hydrogen) atoms. The minimum Gasteiger partial charge on any atom is -0.481 e. The number of rotatable bonds is 15. The first-order valence-corrected chi connectivity index (χ1v) is 9.38. The topological polar surface area (TPSA) is 55.1 Å². The summed E-state index contributed by atoms with van der Waals surface area (Å²) in [4.78, 5) is 14.7. The maximum absolute atomic E-state index is 10.4. The summed E-state index contributed by atoms with van der Waals surface area (Å²) < 4.78 is 2.11. The third kappa shape index (κ3) is 10.9. The molecule has 1 aromatic rings. The number of carbonyl (C=O) groups is 1. The van der Waals surface area contributed by atoms with Gasteiger partial charge in [-0.05, 0) is 12.8 Å². The molecule has 0 saturated heterocycles. The van der Waals surface area contributed by atoms with Gasteiger partial charge in [-0.1, -0.05) is 64.2 Å². The molecule has 1 aromatic heterocycles. The van der Waals surface area contributed by atoms with Crippen LogP contribution in [-0.2, 0) is 18.3 Å². The van der Waals surface area contributed by atoms with Crippen molar-refractivity contribution in [3.63, 3.8) is 0 Å². The summed E-state index contributed by atoms with van der Waals surface area (Å²) in [7, 11) is 2.06. The lowest BCUT2D eigenvalue weighted by molar-refractivity contribution is -0.137. The monoisotopic (exact) mass is 322 g/mol. The Balaban J connectivity index is 1.75. The Morgan fingerprint density at radius 3 is 1.83 bits per heavy atom. The van der Waals surface area contributed by atoms with Crippen molar-refractivity contribution in [3.05, 3.63) is 18.2 Å². The van der Waals surface area contributed by atoms with Crippen LogP contribution in [0.4, 0.5) is 0 Å². The molecule has 0 spiro atoms. The zero-order valence-electron chi connectivity index (χ0n) is 14.8. The molecular formula is C19H34N2O2. The fourth-order valence-corrected chi connectivity index (χ4v) is 2.96. The SMILES string of the molecule is Cn1ccnc1CCCCCCCCCCCCCCC(=O)O. The highest BCUT2D eigenvalue weighted by Gasteiger charge is 1.99. The first-order valence-electron chi connectivity index (χ1n) is 9.38. The number of carboxylic acid groups (broad SMARTS) is 1. The fourth-order valence-electron chi connectivity index (χ4n) is 2.96. The summed E-state index contributed by atoms with van der Waals surface area (Å²) in [6, 6.07) is 0. The van der Waals surface area contributed by atoms with Gasteiger partial charge in [0.2, 0.25) is 0 Å². The number of nitrogens with zero attached hydrogens (tertiary/aromatic N) is 2. The van der Waals surface area contributed by atoms with Crippen LogP contribution in [0, 0.1) is 0 Å². The Morgan fingerprint density at radius 1 is 0.913 bits per heavy atom. The summed E-state index contributed by atoms with van der Waals surface area (Å²) in [6.07, 6.45) is 20.3. The molecule has 0 saturated carbocycles. The standard InChI is InChI=1S/C19H34N2O2/c1-21-17-16-20-18(21)14-12-10-8-6-4-2-3-5-7-9-11-13-15-19(22)23/h16-17H,2-15H2,1H3,(H,22,23). The molecule has 0 aliphatic heterocycles. The number of carboxylic acids is 1. The first kappa shape index (κ1) is 19.7. The Morgan fingerprint density at radius 2 is 1.39 bits per heavy atom. The third-order valence-electron chi connectivity index (χ3n) is 4.46. The van der Waals surface area contributed by atoms with Crippen LogP contribution < -0.4 is 0 Å². The molecule has 132 valence electrons. The van der Waals surface area contributed by atoms with Gasteiger partial charge in [-0.25, -0.2) is 4.98 Å².